The largest absolute Gasteiger partial charge is 0.345 e. The van der Waals surface area contributed by atoms with Gasteiger partial charge in [-0.15, -0.1) is 0 Å². The van der Waals surface area contributed by atoms with Gasteiger partial charge >= 0.3 is 0 Å². The van der Waals surface area contributed by atoms with Crippen molar-refractivity contribution in [2.75, 3.05) is 18.0 Å². The minimum absolute atomic E-state index is 0.0550. The van der Waals surface area contributed by atoms with E-state index in [1.54, 1.807) is 0 Å². The number of hydrogen-bond acceptors (Lipinski definition) is 6. The monoisotopic (exact) mass is 398 g/mol. The second-order valence-electron chi connectivity index (χ2n) is 7.51. The molecule has 6 nitrogen and oxygen atoms in total. The number of aromatic nitrogens is 2. The summed E-state index contributed by atoms with van der Waals surface area (Å²) >= 11 is 1.34. The molecule has 3 rings (SSSR count). The van der Waals surface area contributed by atoms with Crippen LogP contribution in [0.2, 0.25) is 0 Å². The molecular formula is C17H23FN4O2S2. The lowest BCUT2D eigenvalue weighted by Crippen LogP contribution is -2.47. The maximum Gasteiger partial charge on any atom is 0.240 e. The topological polar surface area (TPSA) is 75.2 Å². The number of rotatable bonds is 4. The second-order valence-corrected chi connectivity index (χ2v) is 9.96. The van der Waals surface area contributed by atoms with Crippen LogP contribution in [0.3, 0.4) is 0 Å². The Labute approximate surface area is 157 Å². The molecule has 1 aliphatic heterocycles. The van der Waals surface area contributed by atoms with Gasteiger partial charge < -0.3 is 4.90 Å². The fourth-order valence-corrected chi connectivity index (χ4v) is 5.00. The van der Waals surface area contributed by atoms with Crippen LogP contribution < -0.4 is 9.62 Å². The highest BCUT2D eigenvalue weighted by Crippen LogP contribution is 2.27. The summed E-state index contributed by atoms with van der Waals surface area (Å²) in [7, 11) is -3.76. The lowest BCUT2D eigenvalue weighted by atomic mass is 9.96. The summed E-state index contributed by atoms with van der Waals surface area (Å²) in [4.78, 5) is 6.62. The van der Waals surface area contributed by atoms with E-state index in [2.05, 4.69) is 39.8 Å². The summed E-state index contributed by atoms with van der Waals surface area (Å²) in [6.07, 6.45) is 1.58. The average Bonchev–Trinajstić information content (AvgIpc) is 3.05. The third-order valence-corrected chi connectivity index (χ3v) is 6.50. The molecule has 1 fully saturated rings. The van der Waals surface area contributed by atoms with Crippen molar-refractivity contribution < 1.29 is 12.8 Å². The van der Waals surface area contributed by atoms with Crippen LogP contribution in [0, 0.1) is 5.82 Å². The van der Waals surface area contributed by atoms with E-state index in [1.807, 2.05) is 0 Å². The van der Waals surface area contributed by atoms with Gasteiger partial charge in [0.1, 0.15) is 11.6 Å². The molecule has 1 aliphatic rings. The Morgan fingerprint density at radius 2 is 2.12 bits per heavy atom. The van der Waals surface area contributed by atoms with Crippen LogP contribution in [0.25, 0.3) is 0 Å². The molecule has 142 valence electrons. The number of anilines is 1. The van der Waals surface area contributed by atoms with Gasteiger partial charge in [0, 0.05) is 36.1 Å². The predicted molar refractivity (Wildman–Crippen MR) is 101 cm³/mol. The van der Waals surface area contributed by atoms with Crippen LogP contribution >= 0.6 is 11.5 Å². The highest BCUT2D eigenvalue weighted by molar-refractivity contribution is 7.89. The first-order chi connectivity index (χ1) is 12.1. The predicted octanol–water partition coefficient (Wildman–Crippen LogP) is 2.92. The highest BCUT2D eigenvalue weighted by atomic mass is 32.2. The normalized spacial score (nSPS) is 18.9. The van der Waals surface area contributed by atoms with Crippen LogP contribution in [0.1, 0.15) is 39.4 Å². The van der Waals surface area contributed by atoms with Gasteiger partial charge in [-0.1, -0.05) is 26.8 Å². The lowest BCUT2D eigenvalue weighted by Gasteiger charge is -2.32. The Morgan fingerprint density at radius 1 is 1.35 bits per heavy atom. The average molecular weight is 399 g/mol. The number of hydrogen-bond donors (Lipinski definition) is 1. The van der Waals surface area contributed by atoms with Gasteiger partial charge in [0.2, 0.25) is 15.2 Å². The molecule has 1 N–H and O–H groups in total. The lowest BCUT2D eigenvalue weighted by molar-refractivity contribution is 0.464. The van der Waals surface area contributed by atoms with E-state index < -0.39 is 15.8 Å². The number of nitrogens with one attached hydrogen (secondary N) is 1. The summed E-state index contributed by atoms with van der Waals surface area (Å²) in [5.74, 6) is 0.224. The third kappa shape index (κ3) is 4.39. The molecule has 0 spiro atoms. The molecule has 0 aliphatic carbocycles. The number of halogens is 1. The van der Waals surface area contributed by atoms with Crippen molar-refractivity contribution >= 4 is 26.7 Å². The minimum Gasteiger partial charge on any atom is -0.345 e. The van der Waals surface area contributed by atoms with Crippen molar-refractivity contribution in [2.24, 2.45) is 0 Å². The van der Waals surface area contributed by atoms with E-state index in [-0.39, 0.29) is 16.4 Å². The van der Waals surface area contributed by atoms with Crippen molar-refractivity contribution in [1.82, 2.24) is 14.1 Å². The van der Waals surface area contributed by atoms with Crippen molar-refractivity contribution in [3.63, 3.8) is 0 Å². The Balaban J connectivity index is 1.71. The van der Waals surface area contributed by atoms with E-state index in [9.17, 15) is 12.8 Å². The fraction of sp³-hybridized carbons (Fsp3) is 0.529. The van der Waals surface area contributed by atoms with Gasteiger partial charge in [-0.25, -0.2) is 22.5 Å². The van der Waals surface area contributed by atoms with Crippen molar-refractivity contribution in [2.45, 2.75) is 50.0 Å². The molecule has 2 aromatic rings. The van der Waals surface area contributed by atoms with E-state index >= 15 is 0 Å². The van der Waals surface area contributed by atoms with Crippen molar-refractivity contribution in [1.29, 1.82) is 0 Å². The zero-order valence-corrected chi connectivity index (χ0v) is 16.7. The SMILES string of the molecule is CC(C)(C)c1nsc(N2CCCC(NS(=O)(=O)c3cccc(F)c3)C2)n1. The van der Waals surface area contributed by atoms with Crippen LogP contribution in [0.15, 0.2) is 29.2 Å². The van der Waals surface area contributed by atoms with Gasteiger partial charge in [-0.05, 0) is 31.0 Å². The fourth-order valence-electron chi connectivity index (χ4n) is 2.82. The molecule has 1 unspecified atom stereocenters. The molecule has 0 saturated carbocycles. The van der Waals surface area contributed by atoms with Gasteiger partial charge in [0.05, 0.1) is 4.90 Å². The van der Waals surface area contributed by atoms with Gasteiger partial charge in [0.15, 0.2) is 0 Å². The minimum atomic E-state index is -3.76. The summed E-state index contributed by atoms with van der Waals surface area (Å²) in [6, 6.07) is 4.80. The molecule has 1 aromatic heterocycles. The summed E-state index contributed by atoms with van der Waals surface area (Å²) in [6.45, 7) is 7.52. The van der Waals surface area contributed by atoms with Crippen LogP contribution in [-0.4, -0.2) is 36.9 Å². The first-order valence-electron chi connectivity index (χ1n) is 8.52. The maximum absolute atomic E-state index is 13.3. The molecular weight excluding hydrogens is 375 g/mol. The summed E-state index contributed by atoms with van der Waals surface area (Å²) in [5, 5.41) is 0.810. The zero-order chi connectivity index (χ0) is 18.9. The van der Waals surface area contributed by atoms with E-state index in [0.717, 1.165) is 36.4 Å². The van der Waals surface area contributed by atoms with Crippen molar-refractivity contribution in [3.05, 3.63) is 35.9 Å². The molecule has 26 heavy (non-hydrogen) atoms. The van der Waals surface area contributed by atoms with E-state index in [0.29, 0.717) is 6.54 Å². The number of sulfonamides is 1. The molecule has 1 aromatic carbocycles. The standard InChI is InChI=1S/C17H23FN4O2S2/c1-17(2,3)15-19-16(25-20-15)22-9-5-7-13(11-22)21-26(23,24)14-8-4-6-12(18)10-14/h4,6,8,10,13,21H,5,7,9,11H2,1-3H3. The van der Waals surface area contributed by atoms with Gasteiger partial charge in [0.25, 0.3) is 0 Å². The molecule has 0 amide bonds. The van der Waals surface area contributed by atoms with E-state index in [4.69, 9.17) is 0 Å². The molecule has 2 heterocycles. The third-order valence-electron chi connectivity index (χ3n) is 4.21. The molecule has 9 heteroatoms. The second kappa shape index (κ2) is 7.21. The Hall–Kier alpha value is -1.58. The van der Waals surface area contributed by atoms with E-state index in [1.165, 1.54) is 29.7 Å². The molecule has 0 bridgehead atoms. The first kappa shape index (κ1) is 19.2. The molecule has 1 saturated heterocycles. The van der Waals surface area contributed by atoms with Crippen LogP contribution in [-0.2, 0) is 15.4 Å². The number of piperidine rings is 1. The Kier molecular flexibility index (Phi) is 5.32. The Morgan fingerprint density at radius 3 is 2.77 bits per heavy atom. The van der Waals surface area contributed by atoms with Gasteiger partial charge in [-0.2, -0.15) is 4.37 Å². The number of nitrogens with zero attached hydrogens (tertiary/aromatic N) is 3. The van der Waals surface area contributed by atoms with Crippen molar-refractivity contribution in [3.8, 4) is 0 Å². The first-order valence-corrected chi connectivity index (χ1v) is 10.8. The van der Waals surface area contributed by atoms with Gasteiger partial charge in [-0.3, -0.25) is 0 Å². The highest BCUT2D eigenvalue weighted by Gasteiger charge is 2.28. The summed E-state index contributed by atoms with van der Waals surface area (Å²) in [5.41, 5.74) is -0.122. The number of benzene rings is 1. The molecule has 0 radical (unpaired) electrons. The molecule has 1 atom stereocenters. The summed E-state index contributed by atoms with van der Waals surface area (Å²) < 4.78 is 45.5. The Bertz CT molecular complexity index is 877. The zero-order valence-electron chi connectivity index (χ0n) is 15.1. The van der Waals surface area contributed by atoms with Crippen LogP contribution in [0.5, 0.6) is 0 Å². The quantitative estimate of drug-likeness (QED) is 0.857. The van der Waals surface area contributed by atoms with Crippen LogP contribution in [0.4, 0.5) is 9.52 Å². The maximum atomic E-state index is 13.3. The smallest absolute Gasteiger partial charge is 0.240 e.